The van der Waals surface area contributed by atoms with E-state index in [1.165, 1.54) is 0 Å². The summed E-state index contributed by atoms with van der Waals surface area (Å²) in [7, 11) is 0. The van der Waals surface area contributed by atoms with Gasteiger partial charge in [0, 0.05) is 12.3 Å². The summed E-state index contributed by atoms with van der Waals surface area (Å²) in [6, 6.07) is 0. The van der Waals surface area contributed by atoms with Crippen LogP contribution in [0.3, 0.4) is 0 Å². The average molecular weight is 151 g/mol. The summed E-state index contributed by atoms with van der Waals surface area (Å²) < 4.78 is 0. The zero-order valence-corrected chi connectivity index (χ0v) is 6.19. The molecule has 0 amide bonds. The van der Waals surface area contributed by atoms with Crippen LogP contribution in [-0.4, -0.2) is 17.0 Å². The number of halogens is 1. The van der Waals surface area contributed by atoms with Crippen LogP contribution in [0.2, 0.25) is 0 Å². The average Bonchev–Trinajstić information content (AvgIpc) is 1.82. The van der Waals surface area contributed by atoms with Gasteiger partial charge in [-0.3, -0.25) is 4.79 Å². The van der Waals surface area contributed by atoms with Gasteiger partial charge in [-0.1, -0.05) is 13.3 Å². The minimum atomic E-state index is -0.762. The van der Waals surface area contributed by atoms with Gasteiger partial charge in [0.2, 0.25) is 0 Å². The lowest BCUT2D eigenvalue weighted by molar-refractivity contribution is -0.137. The SMILES string of the molecule is CCC(CCl)CC(=O)O. The van der Waals surface area contributed by atoms with Crippen molar-refractivity contribution in [3.8, 4) is 0 Å². The third-order valence-corrected chi connectivity index (χ3v) is 1.70. The first-order chi connectivity index (χ1) is 4.20. The second-order valence-corrected chi connectivity index (χ2v) is 2.34. The van der Waals surface area contributed by atoms with Crippen LogP contribution in [0.1, 0.15) is 19.8 Å². The van der Waals surface area contributed by atoms with E-state index >= 15 is 0 Å². The quantitative estimate of drug-likeness (QED) is 0.620. The van der Waals surface area contributed by atoms with E-state index in [-0.39, 0.29) is 12.3 Å². The van der Waals surface area contributed by atoms with E-state index in [1.807, 2.05) is 6.92 Å². The van der Waals surface area contributed by atoms with E-state index in [2.05, 4.69) is 0 Å². The predicted octanol–water partition coefficient (Wildman–Crippen LogP) is 1.73. The van der Waals surface area contributed by atoms with Crippen LogP contribution < -0.4 is 0 Å². The van der Waals surface area contributed by atoms with Crippen molar-refractivity contribution in [1.29, 1.82) is 0 Å². The number of carboxylic acid groups (broad SMARTS) is 1. The van der Waals surface area contributed by atoms with Gasteiger partial charge in [0.1, 0.15) is 0 Å². The van der Waals surface area contributed by atoms with Crippen molar-refractivity contribution in [2.45, 2.75) is 19.8 Å². The summed E-state index contributed by atoms with van der Waals surface area (Å²) in [5, 5.41) is 8.29. The van der Waals surface area contributed by atoms with Crippen molar-refractivity contribution >= 4 is 17.6 Å². The number of alkyl halides is 1. The molecule has 0 saturated carbocycles. The molecule has 3 heteroatoms. The maximum atomic E-state index is 10.1. The van der Waals surface area contributed by atoms with Crippen molar-refractivity contribution in [3.05, 3.63) is 0 Å². The largest absolute Gasteiger partial charge is 0.481 e. The molecular weight excluding hydrogens is 140 g/mol. The molecule has 1 atom stereocenters. The molecule has 0 aromatic rings. The van der Waals surface area contributed by atoms with Crippen LogP contribution in [0.25, 0.3) is 0 Å². The fourth-order valence-corrected chi connectivity index (χ4v) is 0.882. The van der Waals surface area contributed by atoms with Crippen molar-refractivity contribution < 1.29 is 9.90 Å². The van der Waals surface area contributed by atoms with E-state index in [4.69, 9.17) is 16.7 Å². The standard InChI is InChI=1S/C6H11ClO2/c1-2-5(4-7)3-6(8)9/h5H,2-4H2,1H3,(H,8,9). The molecule has 54 valence electrons. The number of hydrogen-bond donors (Lipinski definition) is 1. The Labute approximate surface area is 59.8 Å². The molecule has 0 aliphatic heterocycles. The van der Waals surface area contributed by atoms with Gasteiger partial charge in [-0.2, -0.15) is 0 Å². The van der Waals surface area contributed by atoms with Gasteiger partial charge in [0.25, 0.3) is 0 Å². The monoisotopic (exact) mass is 150 g/mol. The maximum Gasteiger partial charge on any atom is 0.303 e. The lowest BCUT2D eigenvalue weighted by Crippen LogP contribution is -2.07. The number of carboxylic acids is 1. The van der Waals surface area contributed by atoms with E-state index in [0.29, 0.717) is 5.88 Å². The molecule has 1 N–H and O–H groups in total. The molecule has 0 aliphatic carbocycles. The number of hydrogen-bond acceptors (Lipinski definition) is 1. The Morgan fingerprint density at radius 3 is 2.44 bits per heavy atom. The van der Waals surface area contributed by atoms with Gasteiger partial charge in [0.15, 0.2) is 0 Å². The van der Waals surface area contributed by atoms with Crippen molar-refractivity contribution in [2.75, 3.05) is 5.88 Å². The highest BCUT2D eigenvalue weighted by Crippen LogP contribution is 2.09. The molecule has 0 heterocycles. The van der Waals surface area contributed by atoms with Crippen LogP contribution in [0, 0.1) is 5.92 Å². The lowest BCUT2D eigenvalue weighted by atomic mass is 10.1. The Morgan fingerprint density at radius 2 is 2.33 bits per heavy atom. The number of aliphatic carboxylic acids is 1. The van der Waals surface area contributed by atoms with Gasteiger partial charge >= 0.3 is 5.97 Å². The first-order valence-corrected chi connectivity index (χ1v) is 3.51. The van der Waals surface area contributed by atoms with Gasteiger partial charge < -0.3 is 5.11 Å². The predicted molar refractivity (Wildman–Crippen MR) is 36.8 cm³/mol. The second kappa shape index (κ2) is 4.62. The summed E-state index contributed by atoms with van der Waals surface area (Å²) in [5.74, 6) is -0.172. The lowest BCUT2D eigenvalue weighted by Gasteiger charge is -2.05. The van der Waals surface area contributed by atoms with E-state index in [9.17, 15) is 4.79 Å². The van der Waals surface area contributed by atoms with E-state index in [0.717, 1.165) is 6.42 Å². The number of carbonyl (C=O) groups is 1. The Hall–Kier alpha value is -0.240. The summed E-state index contributed by atoms with van der Waals surface area (Å²) in [4.78, 5) is 10.1. The molecule has 0 spiro atoms. The van der Waals surface area contributed by atoms with Crippen molar-refractivity contribution in [2.24, 2.45) is 5.92 Å². The molecule has 0 saturated heterocycles. The first kappa shape index (κ1) is 8.76. The molecule has 0 fully saturated rings. The molecule has 0 aromatic carbocycles. The van der Waals surface area contributed by atoms with E-state index < -0.39 is 5.97 Å². The topological polar surface area (TPSA) is 37.3 Å². The summed E-state index contributed by atoms with van der Waals surface area (Å²) in [6.45, 7) is 1.94. The molecule has 9 heavy (non-hydrogen) atoms. The third-order valence-electron chi connectivity index (χ3n) is 1.26. The number of rotatable bonds is 4. The molecule has 2 nitrogen and oxygen atoms in total. The Kier molecular flexibility index (Phi) is 4.50. The summed E-state index contributed by atoms with van der Waals surface area (Å²) in [5.41, 5.74) is 0. The van der Waals surface area contributed by atoms with Crippen molar-refractivity contribution in [1.82, 2.24) is 0 Å². The van der Waals surface area contributed by atoms with Gasteiger partial charge in [-0.15, -0.1) is 11.6 Å². The van der Waals surface area contributed by atoms with Crippen LogP contribution in [0.4, 0.5) is 0 Å². The first-order valence-electron chi connectivity index (χ1n) is 2.98. The highest BCUT2D eigenvalue weighted by atomic mass is 35.5. The van der Waals surface area contributed by atoms with Crippen molar-refractivity contribution in [3.63, 3.8) is 0 Å². The van der Waals surface area contributed by atoms with Gasteiger partial charge in [-0.25, -0.2) is 0 Å². The Bertz CT molecular complexity index is 89.1. The van der Waals surface area contributed by atoms with Crippen LogP contribution in [0.5, 0.6) is 0 Å². The molecule has 0 aliphatic rings. The summed E-state index contributed by atoms with van der Waals surface area (Å²) in [6.07, 6.45) is 1.04. The molecule has 0 bridgehead atoms. The third kappa shape index (κ3) is 4.28. The molecule has 0 rings (SSSR count). The van der Waals surface area contributed by atoms with E-state index in [1.54, 1.807) is 0 Å². The molecular formula is C6H11ClO2. The molecule has 0 aromatic heterocycles. The fourth-order valence-electron chi connectivity index (χ4n) is 0.555. The van der Waals surface area contributed by atoms with Crippen LogP contribution in [0.15, 0.2) is 0 Å². The highest BCUT2D eigenvalue weighted by molar-refractivity contribution is 6.18. The Morgan fingerprint density at radius 1 is 1.78 bits per heavy atom. The minimum Gasteiger partial charge on any atom is -0.481 e. The fraction of sp³-hybridized carbons (Fsp3) is 0.833. The van der Waals surface area contributed by atoms with Crippen LogP contribution >= 0.6 is 11.6 Å². The molecule has 1 unspecified atom stereocenters. The minimum absolute atomic E-state index is 0.143. The Balaban J connectivity index is 3.43. The maximum absolute atomic E-state index is 10.1. The van der Waals surface area contributed by atoms with Gasteiger partial charge in [0.05, 0.1) is 0 Å². The van der Waals surface area contributed by atoms with Gasteiger partial charge in [-0.05, 0) is 5.92 Å². The normalized spacial score (nSPS) is 13.1. The smallest absolute Gasteiger partial charge is 0.303 e. The molecule has 0 radical (unpaired) electrons. The highest BCUT2D eigenvalue weighted by Gasteiger charge is 2.08. The zero-order valence-electron chi connectivity index (χ0n) is 5.43. The van der Waals surface area contributed by atoms with Crippen LogP contribution in [-0.2, 0) is 4.79 Å². The summed E-state index contributed by atoms with van der Waals surface area (Å²) >= 11 is 5.45. The zero-order chi connectivity index (χ0) is 7.28. The second-order valence-electron chi connectivity index (χ2n) is 2.03.